The first-order valence-electron chi connectivity index (χ1n) is 9.11. The summed E-state index contributed by atoms with van der Waals surface area (Å²) in [7, 11) is 1.40. The van der Waals surface area contributed by atoms with Crippen molar-refractivity contribution in [2.24, 2.45) is 0 Å². The molecular weight excluding hydrogens is 383 g/mol. The van der Waals surface area contributed by atoms with Crippen molar-refractivity contribution in [1.82, 2.24) is 0 Å². The van der Waals surface area contributed by atoms with Gasteiger partial charge >= 0.3 is 5.97 Å². The third-order valence-corrected chi connectivity index (χ3v) is 6.83. The number of hydrogen-bond donors (Lipinski definition) is 1. The molecule has 27 heavy (non-hydrogen) atoms. The van der Waals surface area contributed by atoms with E-state index in [0.717, 1.165) is 53.9 Å². The van der Waals surface area contributed by atoms with E-state index in [2.05, 4.69) is 12.2 Å². The summed E-state index contributed by atoms with van der Waals surface area (Å²) in [6.45, 7) is 2.11. The molecule has 1 aliphatic carbocycles. The van der Waals surface area contributed by atoms with Crippen molar-refractivity contribution in [3.05, 3.63) is 45.6 Å². The highest BCUT2D eigenvalue weighted by atomic mass is 32.1. The number of thiophene rings is 1. The fourth-order valence-corrected chi connectivity index (χ4v) is 5.72. The van der Waals surface area contributed by atoms with Crippen molar-refractivity contribution in [2.75, 3.05) is 17.3 Å². The number of carbonyl (C=O) groups is 1. The topological polar surface area (TPSA) is 41.6 Å². The van der Waals surface area contributed by atoms with Gasteiger partial charge in [-0.15, -0.1) is 11.3 Å². The molecule has 0 saturated carbocycles. The van der Waals surface area contributed by atoms with Gasteiger partial charge in [0.1, 0.15) is 10.8 Å². The Morgan fingerprint density at radius 3 is 2.96 bits per heavy atom. The SMILES string of the molecule is COC(=O)c1c(NC(=S)N2c3ccc(F)cc3CC[C@@H]2C)sc2c1CCC2. The maximum atomic E-state index is 13.6. The van der Waals surface area contributed by atoms with Crippen LogP contribution in [0.5, 0.6) is 0 Å². The molecule has 2 aromatic rings. The number of aryl methyl sites for hydroxylation is 2. The van der Waals surface area contributed by atoms with Crippen molar-refractivity contribution < 1.29 is 13.9 Å². The van der Waals surface area contributed by atoms with Gasteiger partial charge in [-0.2, -0.15) is 0 Å². The van der Waals surface area contributed by atoms with Crippen LogP contribution in [0.3, 0.4) is 0 Å². The second kappa shape index (κ2) is 7.20. The van der Waals surface area contributed by atoms with Crippen LogP contribution in [0.25, 0.3) is 0 Å². The third-order valence-electron chi connectivity index (χ3n) is 5.32. The lowest BCUT2D eigenvalue weighted by molar-refractivity contribution is 0.0601. The number of carbonyl (C=O) groups excluding carboxylic acids is 1. The molecule has 1 aromatic heterocycles. The first kappa shape index (κ1) is 18.4. The van der Waals surface area contributed by atoms with E-state index in [1.54, 1.807) is 23.5 Å². The molecule has 4 nitrogen and oxygen atoms in total. The number of fused-ring (bicyclic) bond motifs is 2. The van der Waals surface area contributed by atoms with Crippen molar-refractivity contribution in [2.45, 2.75) is 45.1 Å². The van der Waals surface area contributed by atoms with Crippen molar-refractivity contribution in [3.8, 4) is 0 Å². The Balaban J connectivity index is 1.67. The lowest BCUT2D eigenvalue weighted by Gasteiger charge is -2.37. The van der Waals surface area contributed by atoms with Gasteiger partial charge in [-0.25, -0.2) is 9.18 Å². The molecule has 1 N–H and O–H groups in total. The number of halogens is 1. The Kier molecular flexibility index (Phi) is 4.90. The molecule has 0 unspecified atom stereocenters. The first-order chi connectivity index (χ1) is 13.0. The van der Waals surface area contributed by atoms with Crippen LogP contribution in [0.4, 0.5) is 15.1 Å². The predicted molar refractivity (Wildman–Crippen MR) is 111 cm³/mol. The molecule has 1 aromatic carbocycles. The van der Waals surface area contributed by atoms with E-state index in [9.17, 15) is 9.18 Å². The van der Waals surface area contributed by atoms with Crippen LogP contribution in [0, 0.1) is 5.82 Å². The molecule has 0 radical (unpaired) electrons. The monoisotopic (exact) mass is 404 g/mol. The zero-order chi connectivity index (χ0) is 19.1. The largest absolute Gasteiger partial charge is 0.465 e. The van der Waals surface area contributed by atoms with E-state index in [1.807, 2.05) is 4.90 Å². The van der Waals surface area contributed by atoms with Crippen LogP contribution in [-0.4, -0.2) is 24.2 Å². The molecule has 0 bridgehead atoms. The average Bonchev–Trinajstić information content (AvgIpc) is 3.21. The van der Waals surface area contributed by atoms with Crippen molar-refractivity contribution in [3.63, 3.8) is 0 Å². The maximum absolute atomic E-state index is 13.6. The van der Waals surface area contributed by atoms with Crippen LogP contribution < -0.4 is 10.2 Å². The summed E-state index contributed by atoms with van der Waals surface area (Å²) < 4.78 is 18.6. The number of nitrogens with one attached hydrogen (secondary N) is 1. The van der Waals surface area contributed by atoms with Gasteiger partial charge in [0.2, 0.25) is 0 Å². The summed E-state index contributed by atoms with van der Waals surface area (Å²) in [6.07, 6.45) is 4.67. The van der Waals surface area contributed by atoms with Crippen molar-refractivity contribution >= 4 is 45.3 Å². The number of esters is 1. The summed E-state index contributed by atoms with van der Waals surface area (Å²) in [4.78, 5) is 15.6. The van der Waals surface area contributed by atoms with Gasteiger partial charge in [-0.3, -0.25) is 0 Å². The van der Waals surface area contributed by atoms with Gasteiger partial charge in [0.05, 0.1) is 12.7 Å². The molecule has 1 atom stereocenters. The highest BCUT2D eigenvalue weighted by Crippen LogP contribution is 2.40. The highest BCUT2D eigenvalue weighted by Gasteiger charge is 2.31. The number of nitrogens with zero attached hydrogens (tertiary/aromatic N) is 1. The smallest absolute Gasteiger partial charge is 0.341 e. The molecule has 2 heterocycles. The van der Waals surface area contributed by atoms with E-state index in [4.69, 9.17) is 17.0 Å². The van der Waals surface area contributed by atoms with E-state index < -0.39 is 0 Å². The highest BCUT2D eigenvalue weighted by molar-refractivity contribution is 7.80. The molecule has 142 valence electrons. The van der Waals surface area contributed by atoms with Gasteiger partial charge in [0.25, 0.3) is 0 Å². The molecule has 2 aliphatic rings. The summed E-state index contributed by atoms with van der Waals surface area (Å²) in [5.41, 5.74) is 3.59. The number of benzene rings is 1. The Morgan fingerprint density at radius 2 is 2.19 bits per heavy atom. The van der Waals surface area contributed by atoms with Gasteiger partial charge in [-0.05, 0) is 80.6 Å². The normalized spacial score (nSPS) is 18.0. The fraction of sp³-hybridized carbons (Fsp3) is 0.400. The number of ether oxygens (including phenoxy) is 1. The van der Waals surface area contributed by atoms with E-state index in [-0.39, 0.29) is 17.8 Å². The summed E-state index contributed by atoms with van der Waals surface area (Å²) >= 11 is 7.29. The second-order valence-electron chi connectivity index (χ2n) is 7.01. The number of hydrogen-bond acceptors (Lipinski definition) is 4. The van der Waals surface area contributed by atoms with Gasteiger partial charge in [-0.1, -0.05) is 0 Å². The van der Waals surface area contributed by atoms with Crippen LogP contribution in [0.2, 0.25) is 0 Å². The summed E-state index contributed by atoms with van der Waals surface area (Å²) in [5.74, 6) is -0.557. The minimum Gasteiger partial charge on any atom is -0.465 e. The summed E-state index contributed by atoms with van der Waals surface area (Å²) in [5, 5.41) is 4.57. The van der Waals surface area contributed by atoms with E-state index in [0.29, 0.717) is 10.7 Å². The van der Waals surface area contributed by atoms with Crippen molar-refractivity contribution in [1.29, 1.82) is 0 Å². The average molecular weight is 405 g/mol. The molecule has 0 saturated heterocycles. The van der Waals surface area contributed by atoms with Crippen LogP contribution in [0.1, 0.15) is 46.1 Å². The molecule has 0 fully saturated rings. The van der Waals surface area contributed by atoms with Crippen LogP contribution in [0.15, 0.2) is 18.2 Å². The Labute approximate surface area is 167 Å². The zero-order valence-electron chi connectivity index (χ0n) is 15.3. The molecule has 0 spiro atoms. The standard InChI is InChI=1S/C20H21FN2O2S2/c1-11-6-7-12-10-13(21)8-9-15(12)23(11)20(26)22-18-17(19(24)25-2)14-4-3-5-16(14)27-18/h8-11H,3-7H2,1-2H3,(H,22,26)/t11-/m0/s1. The first-order valence-corrected chi connectivity index (χ1v) is 10.3. The lowest BCUT2D eigenvalue weighted by Crippen LogP contribution is -2.44. The minimum atomic E-state index is -0.325. The Bertz CT molecular complexity index is 925. The van der Waals surface area contributed by atoms with Crippen LogP contribution in [-0.2, 0) is 24.0 Å². The Morgan fingerprint density at radius 1 is 1.37 bits per heavy atom. The summed E-state index contributed by atoms with van der Waals surface area (Å²) in [6, 6.07) is 5.02. The fourth-order valence-electron chi connectivity index (χ4n) is 4.00. The minimum absolute atomic E-state index is 0.191. The quantitative estimate of drug-likeness (QED) is 0.580. The molecule has 4 rings (SSSR count). The Hall–Kier alpha value is -1.99. The third kappa shape index (κ3) is 3.23. The molecule has 7 heteroatoms. The van der Waals surface area contributed by atoms with Gasteiger partial charge in [0.15, 0.2) is 5.11 Å². The number of methoxy groups -OCH3 is 1. The zero-order valence-corrected chi connectivity index (χ0v) is 16.9. The number of rotatable bonds is 2. The number of anilines is 2. The van der Waals surface area contributed by atoms with Crippen LogP contribution >= 0.6 is 23.6 Å². The number of thiocarbonyl (C=S) groups is 1. The molecule has 0 amide bonds. The van der Waals surface area contributed by atoms with Gasteiger partial charge in [0, 0.05) is 16.6 Å². The lowest BCUT2D eigenvalue weighted by atomic mass is 9.97. The second-order valence-corrected chi connectivity index (χ2v) is 8.51. The van der Waals surface area contributed by atoms with Gasteiger partial charge < -0.3 is 15.0 Å². The maximum Gasteiger partial charge on any atom is 0.341 e. The molecular formula is C20H21FN2O2S2. The van der Waals surface area contributed by atoms with E-state index >= 15 is 0 Å². The predicted octanol–water partition coefficient (Wildman–Crippen LogP) is 4.70. The molecule has 1 aliphatic heterocycles. The van der Waals surface area contributed by atoms with E-state index in [1.165, 1.54) is 18.1 Å².